The average Bonchev–Trinajstić information content (AvgIpc) is 3.62. The van der Waals surface area contributed by atoms with E-state index < -0.39 is 0 Å². The lowest BCUT2D eigenvalue weighted by atomic mass is 9.93. The van der Waals surface area contributed by atoms with Crippen molar-refractivity contribution in [1.82, 2.24) is 0 Å². The maximum Gasteiger partial charge on any atom is 0.135 e. The zero-order valence-corrected chi connectivity index (χ0v) is 29.6. The van der Waals surface area contributed by atoms with Gasteiger partial charge in [0.1, 0.15) is 11.2 Å². The van der Waals surface area contributed by atoms with Crippen LogP contribution < -0.4 is 4.90 Å². The molecule has 10 rings (SSSR count). The van der Waals surface area contributed by atoms with E-state index in [1.54, 1.807) is 0 Å². The fourth-order valence-corrected chi connectivity index (χ4v) is 7.82. The lowest BCUT2D eigenvalue weighted by Crippen LogP contribution is -2.11. The number of fused-ring (bicyclic) bond motifs is 4. The Kier molecular flexibility index (Phi) is 7.85. The van der Waals surface area contributed by atoms with Crippen molar-refractivity contribution in [2.45, 2.75) is 0 Å². The fourth-order valence-electron chi connectivity index (χ4n) is 7.82. The number of nitrogens with zero attached hydrogens (tertiary/aromatic N) is 1. The standard InChI is InChI=1S/C52H35NO/c1-2-13-36(14-3-1)38-27-30-43(31-28-38)53(50-23-10-8-21-47(50)42-29-32-52-49(35-42)48-22-9-11-24-51(48)54-52)44-18-12-17-40(34-44)45-19-6-7-20-46(45)41-26-25-37-15-4-5-16-39(37)33-41/h1-35H. The molecule has 0 spiro atoms. The van der Waals surface area contributed by atoms with Crippen LogP contribution in [0.1, 0.15) is 0 Å². The monoisotopic (exact) mass is 689 g/mol. The van der Waals surface area contributed by atoms with Crippen LogP contribution in [-0.2, 0) is 0 Å². The van der Waals surface area contributed by atoms with E-state index in [0.29, 0.717) is 0 Å². The molecule has 0 aliphatic heterocycles. The second-order valence-electron chi connectivity index (χ2n) is 13.7. The summed E-state index contributed by atoms with van der Waals surface area (Å²) < 4.78 is 6.21. The van der Waals surface area contributed by atoms with Crippen molar-refractivity contribution < 1.29 is 4.42 Å². The quantitative estimate of drug-likeness (QED) is 0.166. The van der Waals surface area contributed by atoms with Gasteiger partial charge in [-0.15, -0.1) is 0 Å². The van der Waals surface area contributed by atoms with Crippen LogP contribution >= 0.6 is 0 Å². The smallest absolute Gasteiger partial charge is 0.135 e. The van der Waals surface area contributed by atoms with E-state index >= 15 is 0 Å². The molecule has 2 heteroatoms. The van der Waals surface area contributed by atoms with Crippen LogP contribution in [0.5, 0.6) is 0 Å². The summed E-state index contributed by atoms with van der Waals surface area (Å²) in [5.41, 5.74) is 14.5. The Morgan fingerprint density at radius 1 is 0.296 bits per heavy atom. The van der Waals surface area contributed by atoms with E-state index in [2.05, 4.69) is 205 Å². The second-order valence-corrected chi connectivity index (χ2v) is 13.7. The van der Waals surface area contributed by atoms with Gasteiger partial charge in [0.2, 0.25) is 0 Å². The van der Waals surface area contributed by atoms with E-state index in [1.807, 2.05) is 12.1 Å². The highest BCUT2D eigenvalue weighted by atomic mass is 16.3. The summed E-state index contributed by atoms with van der Waals surface area (Å²) >= 11 is 0. The summed E-state index contributed by atoms with van der Waals surface area (Å²) in [5.74, 6) is 0. The summed E-state index contributed by atoms with van der Waals surface area (Å²) in [6, 6.07) is 76.0. The Bertz CT molecular complexity index is 2940. The first-order chi connectivity index (χ1) is 26.8. The van der Waals surface area contributed by atoms with Gasteiger partial charge in [0.05, 0.1) is 5.69 Å². The number of hydrogen-bond acceptors (Lipinski definition) is 2. The van der Waals surface area contributed by atoms with Gasteiger partial charge in [0, 0.05) is 27.7 Å². The lowest BCUT2D eigenvalue weighted by Gasteiger charge is -2.28. The largest absolute Gasteiger partial charge is 0.456 e. The lowest BCUT2D eigenvalue weighted by molar-refractivity contribution is 0.669. The molecule has 0 aliphatic rings. The van der Waals surface area contributed by atoms with Crippen molar-refractivity contribution in [3.8, 4) is 44.5 Å². The molecule has 0 amide bonds. The molecule has 2 nitrogen and oxygen atoms in total. The van der Waals surface area contributed by atoms with Gasteiger partial charge in [-0.05, 0) is 104 Å². The van der Waals surface area contributed by atoms with Gasteiger partial charge in [0.15, 0.2) is 0 Å². The van der Waals surface area contributed by atoms with Crippen molar-refractivity contribution in [3.05, 3.63) is 212 Å². The summed E-state index contributed by atoms with van der Waals surface area (Å²) in [6.07, 6.45) is 0. The molecule has 0 unspecified atom stereocenters. The normalized spacial score (nSPS) is 11.3. The molecule has 0 saturated heterocycles. The predicted octanol–water partition coefficient (Wildman–Crippen LogP) is 14.9. The summed E-state index contributed by atoms with van der Waals surface area (Å²) in [7, 11) is 0. The molecule has 1 heterocycles. The van der Waals surface area contributed by atoms with Gasteiger partial charge in [-0.25, -0.2) is 0 Å². The van der Waals surface area contributed by atoms with E-state index in [1.165, 1.54) is 38.6 Å². The molecule has 10 aromatic rings. The maximum atomic E-state index is 6.21. The highest BCUT2D eigenvalue weighted by molar-refractivity contribution is 6.07. The third-order valence-corrected chi connectivity index (χ3v) is 10.5. The highest BCUT2D eigenvalue weighted by Crippen LogP contribution is 2.44. The van der Waals surface area contributed by atoms with Crippen LogP contribution in [0.25, 0.3) is 77.2 Å². The Labute approximate surface area is 314 Å². The van der Waals surface area contributed by atoms with Crippen LogP contribution in [-0.4, -0.2) is 0 Å². The Balaban J connectivity index is 1.13. The van der Waals surface area contributed by atoms with Crippen LogP contribution in [0.15, 0.2) is 217 Å². The molecule has 1 aromatic heterocycles. The first-order valence-corrected chi connectivity index (χ1v) is 18.4. The van der Waals surface area contributed by atoms with Crippen molar-refractivity contribution in [3.63, 3.8) is 0 Å². The van der Waals surface area contributed by atoms with Gasteiger partial charge in [-0.1, -0.05) is 158 Å². The highest BCUT2D eigenvalue weighted by Gasteiger charge is 2.19. The molecule has 9 aromatic carbocycles. The first kappa shape index (κ1) is 31.6. The Morgan fingerprint density at radius 2 is 0.870 bits per heavy atom. The van der Waals surface area contributed by atoms with Crippen LogP contribution in [0, 0.1) is 0 Å². The van der Waals surface area contributed by atoms with E-state index in [4.69, 9.17) is 4.42 Å². The first-order valence-electron chi connectivity index (χ1n) is 18.4. The third-order valence-electron chi connectivity index (χ3n) is 10.5. The maximum absolute atomic E-state index is 6.21. The molecular formula is C52H35NO. The minimum atomic E-state index is 0.892. The van der Waals surface area contributed by atoms with Crippen LogP contribution in [0.3, 0.4) is 0 Å². The molecule has 0 aliphatic carbocycles. The molecule has 254 valence electrons. The van der Waals surface area contributed by atoms with E-state index in [9.17, 15) is 0 Å². The van der Waals surface area contributed by atoms with Gasteiger partial charge in [0.25, 0.3) is 0 Å². The van der Waals surface area contributed by atoms with Gasteiger partial charge in [-0.3, -0.25) is 0 Å². The minimum absolute atomic E-state index is 0.892. The molecule has 54 heavy (non-hydrogen) atoms. The van der Waals surface area contributed by atoms with Crippen LogP contribution in [0.2, 0.25) is 0 Å². The molecular weight excluding hydrogens is 655 g/mol. The molecule has 0 radical (unpaired) electrons. The number of hydrogen-bond donors (Lipinski definition) is 0. The molecule has 0 N–H and O–H groups in total. The van der Waals surface area contributed by atoms with Crippen LogP contribution in [0.4, 0.5) is 17.1 Å². The molecule has 0 saturated carbocycles. The Hall–Kier alpha value is -7.16. The number of rotatable bonds is 7. The number of anilines is 3. The second kappa shape index (κ2) is 13.4. The van der Waals surface area contributed by atoms with Crippen molar-refractivity contribution in [1.29, 1.82) is 0 Å². The third kappa shape index (κ3) is 5.71. The van der Waals surface area contributed by atoms with Crippen molar-refractivity contribution >= 4 is 49.8 Å². The summed E-state index contributed by atoms with van der Waals surface area (Å²) in [6.45, 7) is 0. The van der Waals surface area contributed by atoms with Gasteiger partial charge >= 0.3 is 0 Å². The molecule has 0 bridgehead atoms. The predicted molar refractivity (Wildman–Crippen MR) is 228 cm³/mol. The summed E-state index contributed by atoms with van der Waals surface area (Å²) in [5, 5.41) is 4.72. The zero-order chi connectivity index (χ0) is 35.8. The zero-order valence-electron chi connectivity index (χ0n) is 29.6. The van der Waals surface area contributed by atoms with Gasteiger partial charge in [-0.2, -0.15) is 0 Å². The van der Waals surface area contributed by atoms with E-state index in [-0.39, 0.29) is 0 Å². The number of benzene rings is 9. The SMILES string of the molecule is c1ccc(-c2ccc(N(c3cccc(-c4ccccc4-c4ccc5ccccc5c4)c3)c3ccccc3-c3ccc4oc5ccccc5c4c3)cc2)cc1. The fraction of sp³-hybridized carbons (Fsp3) is 0. The summed E-state index contributed by atoms with van der Waals surface area (Å²) in [4.78, 5) is 2.39. The minimum Gasteiger partial charge on any atom is -0.456 e. The van der Waals surface area contributed by atoms with Gasteiger partial charge < -0.3 is 9.32 Å². The molecule has 0 fully saturated rings. The van der Waals surface area contributed by atoms with Crippen molar-refractivity contribution in [2.24, 2.45) is 0 Å². The Morgan fingerprint density at radius 3 is 1.70 bits per heavy atom. The van der Waals surface area contributed by atoms with E-state index in [0.717, 1.165) is 55.7 Å². The molecule has 0 atom stereocenters. The topological polar surface area (TPSA) is 16.4 Å². The average molecular weight is 690 g/mol. The number of para-hydroxylation sites is 2. The number of furan rings is 1. The van der Waals surface area contributed by atoms with Crippen molar-refractivity contribution in [2.75, 3.05) is 4.90 Å².